The van der Waals surface area contributed by atoms with Crippen LogP contribution in [0, 0.1) is 11.8 Å². The Bertz CT molecular complexity index is 1150. The van der Waals surface area contributed by atoms with Gasteiger partial charge in [0.15, 0.2) is 0 Å². The molecule has 4 atom stereocenters. The minimum Gasteiger partial charge on any atom is -0.384 e. The lowest BCUT2D eigenvalue weighted by atomic mass is 9.89. The van der Waals surface area contributed by atoms with Crippen LogP contribution >= 0.6 is 0 Å². The van der Waals surface area contributed by atoms with Crippen LogP contribution in [-0.4, -0.2) is 83.5 Å². The van der Waals surface area contributed by atoms with E-state index in [0.717, 1.165) is 31.4 Å². The number of aliphatic hydroxyl groups excluding tert-OH is 1. The number of carbonyl (C=O) groups is 2. The number of nitrogens with zero attached hydrogens (tertiary/aromatic N) is 3. The summed E-state index contributed by atoms with van der Waals surface area (Å²) in [6.07, 6.45) is 11.4. The zero-order chi connectivity index (χ0) is 24.9. The van der Waals surface area contributed by atoms with Gasteiger partial charge in [0.05, 0.1) is 11.9 Å². The molecule has 3 saturated heterocycles. The molecule has 36 heavy (non-hydrogen) atoms. The van der Waals surface area contributed by atoms with Crippen LogP contribution in [-0.2, 0) is 16.0 Å². The Morgan fingerprint density at radius 3 is 2.92 bits per heavy atom. The quantitative estimate of drug-likeness (QED) is 0.584. The van der Waals surface area contributed by atoms with Gasteiger partial charge in [0, 0.05) is 44.9 Å². The zero-order valence-corrected chi connectivity index (χ0v) is 20.8. The Morgan fingerprint density at radius 1 is 1.33 bits per heavy atom. The number of allylic oxidation sites excluding steroid dienone is 3. The van der Waals surface area contributed by atoms with Crippen molar-refractivity contribution in [3.8, 4) is 0 Å². The highest BCUT2D eigenvalue weighted by Crippen LogP contribution is 2.36. The van der Waals surface area contributed by atoms with E-state index in [4.69, 9.17) is 0 Å². The first kappa shape index (κ1) is 23.6. The lowest BCUT2D eigenvalue weighted by molar-refractivity contribution is -0.138. The van der Waals surface area contributed by atoms with Crippen molar-refractivity contribution in [1.82, 2.24) is 20.4 Å². The Labute approximate surface area is 212 Å². The van der Waals surface area contributed by atoms with Crippen molar-refractivity contribution in [2.24, 2.45) is 16.8 Å². The summed E-state index contributed by atoms with van der Waals surface area (Å²) in [5.41, 5.74) is 4.26. The smallest absolute Gasteiger partial charge is 0.251 e. The van der Waals surface area contributed by atoms with Crippen molar-refractivity contribution in [1.29, 1.82) is 0 Å². The maximum Gasteiger partial charge on any atom is 0.251 e. The summed E-state index contributed by atoms with van der Waals surface area (Å²) in [7, 11) is 0. The first-order valence-corrected chi connectivity index (χ1v) is 13.2. The number of hydrogen-bond donors (Lipinski definition) is 3. The maximum atomic E-state index is 13.5. The van der Waals surface area contributed by atoms with E-state index in [9.17, 15) is 14.7 Å². The molecule has 4 aliphatic heterocycles. The lowest BCUT2D eigenvalue weighted by Crippen LogP contribution is -2.69. The molecule has 8 heteroatoms. The van der Waals surface area contributed by atoms with Gasteiger partial charge < -0.3 is 20.2 Å². The average molecular weight is 490 g/mol. The number of fused-ring (bicyclic) bond motifs is 1. The highest BCUT2D eigenvalue weighted by atomic mass is 16.3. The average Bonchev–Trinajstić information content (AvgIpc) is 3.46. The Hall–Kier alpha value is -2.81. The van der Waals surface area contributed by atoms with Gasteiger partial charge in [0.25, 0.3) is 5.91 Å². The number of aliphatic imine (C=N–C) groups is 1. The number of benzene rings is 1. The number of aryl methyl sites for hydroxylation is 1. The number of likely N-dealkylation sites (tertiary alicyclic amines) is 1. The fourth-order valence-corrected chi connectivity index (χ4v) is 6.25. The summed E-state index contributed by atoms with van der Waals surface area (Å²) in [6.45, 7) is 4.69. The molecule has 3 N–H and O–H groups in total. The van der Waals surface area contributed by atoms with Gasteiger partial charge in [-0.1, -0.05) is 30.4 Å². The predicted molar refractivity (Wildman–Crippen MR) is 139 cm³/mol. The van der Waals surface area contributed by atoms with E-state index in [2.05, 4.69) is 52.1 Å². The lowest BCUT2D eigenvalue weighted by Gasteiger charge is -2.37. The summed E-state index contributed by atoms with van der Waals surface area (Å²) >= 11 is 0. The number of nitrogens with one attached hydrogen (secondary N) is 2. The molecule has 0 aromatic heterocycles. The first-order valence-electron chi connectivity index (χ1n) is 13.2. The van der Waals surface area contributed by atoms with E-state index < -0.39 is 11.6 Å². The summed E-state index contributed by atoms with van der Waals surface area (Å²) in [5.74, 6) is 0.353. The van der Waals surface area contributed by atoms with E-state index in [1.54, 1.807) is 4.90 Å². The molecule has 190 valence electrons. The molecule has 2 amide bonds. The largest absolute Gasteiger partial charge is 0.384 e. The van der Waals surface area contributed by atoms with Gasteiger partial charge in [-0.2, -0.15) is 0 Å². The number of rotatable bonds is 5. The third kappa shape index (κ3) is 4.11. The van der Waals surface area contributed by atoms with Crippen molar-refractivity contribution in [2.45, 2.75) is 50.4 Å². The number of amides is 2. The van der Waals surface area contributed by atoms with E-state index in [1.807, 2.05) is 11.1 Å². The van der Waals surface area contributed by atoms with Crippen molar-refractivity contribution in [3.63, 3.8) is 0 Å². The second-order valence-corrected chi connectivity index (χ2v) is 11.0. The molecular formula is C28H35N5O3. The molecule has 1 aromatic rings. The third-order valence-electron chi connectivity index (χ3n) is 8.42. The van der Waals surface area contributed by atoms with E-state index in [-0.39, 0.29) is 29.8 Å². The molecule has 8 nitrogen and oxygen atoms in total. The third-order valence-corrected chi connectivity index (χ3v) is 8.42. The van der Waals surface area contributed by atoms with E-state index in [0.29, 0.717) is 32.7 Å². The van der Waals surface area contributed by atoms with Crippen LogP contribution in [0.25, 0.3) is 5.57 Å². The van der Waals surface area contributed by atoms with E-state index in [1.165, 1.54) is 23.6 Å². The Morgan fingerprint density at radius 2 is 2.19 bits per heavy atom. The number of hydrogen-bond acceptors (Lipinski definition) is 6. The zero-order valence-electron chi connectivity index (χ0n) is 20.8. The Balaban J connectivity index is 1.16. The normalized spacial score (nSPS) is 29.3. The molecule has 1 aromatic carbocycles. The summed E-state index contributed by atoms with van der Waals surface area (Å²) in [6, 6.07) is 6.57. The number of carbonyl (C=O) groups excluding carboxylic acids is 2. The second kappa shape index (κ2) is 9.25. The molecule has 0 bridgehead atoms. The maximum absolute atomic E-state index is 13.5. The van der Waals surface area contributed by atoms with Gasteiger partial charge in [-0.15, -0.1) is 0 Å². The van der Waals surface area contributed by atoms with Crippen molar-refractivity contribution < 1.29 is 14.7 Å². The molecule has 1 aliphatic carbocycles. The van der Waals surface area contributed by atoms with Crippen LogP contribution in [0.2, 0.25) is 0 Å². The van der Waals surface area contributed by atoms with Gasteiger partial charge >= 0.3 is 0 Å². The van der Waals surface area contributed by atoms with Crippen LogP contribution in [0.4, 0.5) is 5.69 Å². The molecule has 6 rings (SSSR count). The molecular weight excluding hydrogens is 454 g/mol. The molecule has 5 aliphatic rings. The highest BCUT2D eigenvalue weighted by molar-refractivity contribution is 5.91. The molecule has 0 saturated carbocycles. The second-order valence-electron chi connectivity index (χ2n) is 11.0. The summed E-state index contributed by atoms with van der Waals surface area (Å²) < 4.78 is 0. The molecule has 1 spiro atoms. The predicted octanol–water partition coefficient (Wildman–Crippen LogP) is 1.62. The summed E-state index contributed by atoms with van der Waals surface area (Å²) in [4.78, 5) is 34.1. The Kier molecular flexibility index (Phi) is 6.06. The van der Waals surface area contributed by atoms with Crippen LogP contribution in [0.15, 0.2) is 41.4 Å². The van der Waals surface area contributed by atoms with Crippen molar-refractivity contribution in [2.75, 3.05) is 32.7 Å². The van der Waals surface area contributed by atoms with Crippen molar-refractivity contribution in [3.05, 3.63) is 47.6 Å². The number of aliphatic hydroxyl groups is 1. The van der Waals surface area contributed by atoms with E-state index >= 15 is 0 Å². The molecule has 0 radical (unpaired) electrons. The highest BCUT2D eigenvalue weighted by Gasteiger charge is 2.56. The summed E-state index contributed by atoms with van der Waals surface area (Å²) in [5, 5.41) is 16.6. The van der Waals surface area contributed by atoms with Gasteiger partial charge in [-0.3, -0.25) is 19.9 Å². The van der Waals surface area contributed by atoms with Gasteiger partial charge in [-0.05, 0) is 61.3 Å². The van der Waals surface area contributed by atoms with Crippen LogP contribution in [0.1, 0.15) is 37.3 Å². The minimum atomic E-state index is -0.980. The van der Waals surface area contributed by atoms with Gasteiger partial charge in [0.1, 0.15) is 11.6 Å². The fourth-order valence-electron chi connectivity index (χ4n) is 6.25. The molecule has 3 fully saturated rings. The van der Waals surface area contributed by atoms with Crippen LogP contribution in [0.3, 0.4) is 0 Å². The van der Waals surface area contributed by atoms with Crippen LogP contribution in [0.5, 0.6) is 0 Å². The monoisotopic (exact) mass is 489 g/mol. The van der Waals surface area contributed by atoms with Crippen LogP contribution < -0.4 is 10.6 Å². The fraction of sp³-hybridized carbons (Fsp3) is 0.536. The topological polar surface area (TPSA) is 97.3 Å². The van der Waals surface area contributed by atoms with Gasteiger partial charge in [-0.25, -0.2) is 0 Å². The molecule has 3 unspecified atom stereocenters. The van der Waals surface area contributed by atoms with Crippen molar-refractivity contribution >= 4 is 29.3 Å². The minimum absolute atomic E-state index is 0.0664. The SMILES string of the molecule is CC(O)C(=O)N1CC[C@@H](CN2C(=O)C3(CNC3)NC2C2C=CC(c3ccc4c(c3)N=CCC4)=CC2)C1. The standard InChI is InChI=1S/C28H35N5O3/c1-18(34)26(35)32-12-10-19(14-32)15-33-25(31-28(27(33)36)16-29-17-28)22-7-4-20(5-8-22)23-9-6-21-3-2-11-30-24(21)13-23/h4-7,9,11,13,18-19,22,25,29,31,34H,2-3,8,10,12,14-17H2,1H3/t18?,19-,22?,25?/m1/s1. The van der Waals surface area contributed by atoms with Gasteiger partial charge in [0.2, 0.25) is 5.91 Å². The molecule has 4 heterocycles. The first-order chi connectivity index (χ1) is 17.4.